The van der Waals surface area contributed by atoms with Crippen molar-refractivity contribution in [3.8, 4) is 0 Å². The largest absolute Gasteiger partial charge is 0.309 e. The second kappa shape index (κ2) is 5.46. The fraction of sp³-hybridized carbons (Fsp3) is 0.533. The van der Waals surface area contributed by atoms with E-state index in [9.17, 15) is 4.79 Å². The highest BCUT2D eigenvalue weighted by atomic mass is 16.1. The summed E-state index contributed by atoms with van der Waals surface area (Å²) in [5.74, 6) is 1.000. The van der Waals surface area contributed by atoms with Gasteiger partial charge in [0.05, 0.1) is 0 Å². The summed E-state index contributed by atoms with van der Waals surface area (Å²) in [5.41, 5.74) is 2.26. The van der Waals surface area contributed by atoms with Crippen molar-refractivity contribution in [2.24, 2.45) is 0 Å². The minimum Gasteiger partial charge on any atom is -0.309 e. The molecule has 0 unspecified atom stereocenters. The highest BCUT2D eigenvalue weighted by Crippen LogP contribution is 2.36. The molecule has 1 aromatic carbocycles. The van der Waals surface area contributed by atoms with Crippen LogP contribution in [0.15, 0.2) is 24.3 Å². The van der Waals surface area contributed by atoms with Crippen LogP contribution in [0.4, 0.5) is 0 Å². The molecule has 1 aromatic rings. The van der Waals surface area contributed by atoms with Crippen LogP contribution >= 0.6 is 0 Å². The molecule has 0 atom stereocenters. The van der Waals surface area contributed by atoms with Gasteiger partial charge >= 0.3 is 0 Å². The van der Waals surface area contributed by atoms with Crippen LogP contribution in [-0.2, 0) is 0 Å². The van der Waals surface area contributed by atoms with Crippen LogP contribution in [-0.4, -0.2) is 31.3 Å². The first kappa shape index (κ1) is 12.3. The molecule has 2 nitrogen and oxygen atoms in total. The molecule has 2 heteroatoms. The van der Waals surface area contributed by atoms with Crippen LogP contribution in [0, 0.1) is 0 Å². The van der Waals surface area contributed by atoms with Gasteiger partial charge < -0.3 is 4.90 Å². The van der Waals surface area contributed by atoms with E-state index >= 15 is 0 Å². The van der Waals surface area contributed by atoms with Gasteiger partial charge in [0.25, 0.3) is 0 Å². The molecule has 0 N–H and O–H groups in total. The quantitative estimate of drug-likeness (QED) is 0.726. The molecule has 0 saturated heterocycles. The smallest absolute Gasteiger partial charge is 0.164 e. The van der Waals surface area contributed by atoms with E-state index in [0.29, 0.717) is 6.42 Å². The Bertz CT molecular complexity index is 376. The van der Waals surface area contributed by atoms with Gasteiger partial charge in [-0.05, 0) is 38.4 Å². The van der Waals surface area contributed by atoms with Crippen LogP contribution in [0.1, 0.15) is 47.5 Å². The van der Waals surface area contributed by atoms with Gasteiger partial charge in [0, 0.05) is 18.5 Å². The van der Waals surface area contributed by atoms with Gasteiger partial charge in [-0.1, -0.05) is 30.7 Å². The second-order valence-corrected chi connectivity index (χ2v) is 5.23. The van der Waals surface area contributed by atoms with Gasteiger partial charge in [-0.15, -0.1) is 0 Å². The fourth-order valence-electron chi connectivity index (χ4n) is 2.15. The summed E-state index contributed by atoms with van der Waals surface area (Å²) < 4.78 is 0. The van der Waals surface area contributed by atoms with E-state index in [1.807, 2.05) is 31.1 Å². The Morgan fingerprint density at radius 3 is 2.35 bits per heavy atom. The number of benzene rings is 1. The SMILES string of the molecule is CN(C)CCC(=O)c1ccc(C2CCC2)cc1. The Hall–Kier alpha value is -1.15. The molecule has 0 bridgehead atoms. The lowest BCUT2D eigenvalue weighted by molar-refractivity contribution is 0.0972. The molecule has 0 heterocycles. The molecule has 0 radical (unpaired) electrons. The van der Waals surface area contributed by atoms with E-state index in [1.54, 1.807) is 0 Å². The molecule has 0 aliphatic heterocycles. The Morgan fingerprint density at radius 1 is 1.24 bits per heavy atom. The standard InChI is InChI=1S/C15H21NO/c1-16(2)11-10-15(17)14-8-6-13(7-9-14)12-4-3-5-12/h6-9,12H,3-5,10-11H2,1-2H3. The molecular formula is C15H21NO. The topological polar surface area (TPSA) is 20.3 Å². The summed E-state index contributed by atoms with van der Waals surface area (Å²) in [7, 11) is 3.99. The number of carbonyl (C=O) groups excluding carboxylic acids is 1. The van der Waals surface area contributed by atoms with Crippen molar-refractivity contribution in [1.29, 1.82) is 0 Å². The number of rotatable bonds is 5. The van der Waals surface area contributed by atoms with Crippen molar-refractivity contribution in [2.75, 3.05) is 20.6 Å². The third-order valence-electron chi connectivity index (χ3n) is 3.60. The van der Waals surface area contributed by atoms with E-state index < -0.39 is 0 Å². The molecule has 92 valence electrons. The molecule has 0 spiro atoms. The Labute approximate surface area is 104 Å². The molecule has 17 heavy (non-hydrogen) atoms. The summed E-state index contributed by atoms with van der Waals surface area (Å²) in [6.07, 6.45) is 4.59. The molecule has 0 aromatic heterocycles. The van der Waals surface area contributed by atoms with Gasteiger partial charge in [0.2, 0.25) is 0 Å². The Balaban J connectivity index is 1.94. The number of nitrogens with zero attached hydrogens (tertiary/aromatic N) is 1. The lowest BCUT2D eigenvalue weighted by atomic mass is 9.80. The van der Waals surface area contributed by atoms with Gasteiger partial charge in [0.15, 0.2) is 5.78 Å². The lowest BCUT2D eigenvalue weighted by Crippen LogP contribution is -2.16. The number of hydrogen-bond donors (Lipinski definition) is 0. The average Bonchev–Trinajstić information content (AvgIpc) is 2.24. The zero-order valence-corrected chi connectivity index (χ0v) is 10.8. The highest BCUT2D eigenvalue weighted by molar-refractivity contribution is 5.96. The molecule has 2 rings (SSSR count). The predicted octanol–water partition coefficient (Wildman–Crippen LogP) is 3.09. The van der Waals surface area contributed by atoms with Crippen LogP contribution < -0.4 is 0 Å². The first-order valence-electron chi connectivity index (χ1n) is 6.44. The van der Waals surface area contributed by atoms with Crippen LogP contribution in [0.25, 0.3) is 0 Å². The average molecular weight is 231 g/mol. The van der Waals surface area contributed by atoms with Gasteiger partial charge in [-0.25, -0.2) is 0 Å². The minimum atomic E-state index is 0.249. The zero-order chi connectivity index (χ0) is 12.3. The maximum atomic E-state index is 11.9. The normalized spacial score (nSPS) is 15.9. The van der Waals surface area contributed by atoms with Crippen LogP contribution in [0.3, 0.4) is 0 Å². The van der Waals surface area contributed by atoms with E-state index in [4.69, 9.17) is 0 Å². The summed E-state index contributed by atoms with van der Waals surface area (Å²) in [5, 5.41) is 0. The molecular weight excluding hydrogens is 210 g/mol. The number of Topliss-reactive ketones (excluding diaryl/α,β-unsaturated/α-hetero) is 1. The molecule has 1 aliphatic carbocycles. The van der Waals surface area contributed by atoms with E-state index in [1.165, 1.54) is 24.8 Å². The number of ketones is 1. The van der Waals surface area contributed by atoms with Crippen LogP contribution in [0.2, 0.25) is 0 Å². The van der Waals surface area contributed by atoms with Gasteiger partial charge in [-0.3, -0.25) is 4.79 Å². The van der Waals surface area contributed by atoms with Crippen molar-refractivity contribution in [3.05, 3.63) is 35.4 Å². The molecule has 1 saturated carbocycles. The minimum absolute atomic E-state index is 0.249. The number of carbonyl (C=O) groups is 1. The van der Waals surface area contributed by atoms with E-state index in [0.717, 1.165) is 18.0 Å². The van der Waals surface area contributed by atoms with E-state index in [-0.39, 0.29) is 5.78 Å². The summed E-state index contributed by atoms with van der Waals surface area (Å²) >= 11 is 0. The van der Waals surface area contributed by atoms with Crippen molar-refractivity contribution in [1.82, 2.24) is 4.90 Å². The predicted molar refractivity (Wildman–Crippen MR) is 70.5 cm³/mol. The summed E-state index contributed by atoms with van der Waals surface area (Å²) in [4.78, 5) is 13.9. The summed E-state index contributed by atoms with van der Waals surface area (Å²) in [6.45, 7) is 0.823. The van der Waals surface area contributed by atoms with Crippen molar-refractivity contribution in [2.45, 2.75) is 31.6 Å². The molecule has 1 aliphatic rings. The third kappa shape index (κ3) is 3.16. The first-order valence-corrected chi connectivity index (χ1v) is 6.44. The summed E-state index contributed by atoms with van der Waals surface area (Å²) in [6, 6.07) is 8.25. The number of hydrogen-bond acceptors (Lipinski definition) is 2. The van der Waals surface area contributed by atoms with Gasteiger partial charge in [-0.2, -0.15) is 0 Å². The second-order valence-electron chi connectivity index (χ2n) is 5.23. The molecule has 1 fully saturated rings. The lowest BCUT2D eigenvalue weighted by Gasteiger charge is -2.25. The Morgan fingerprint density at radius 2 is 1.88 bits per heavy atom. The fourth-order valence-corrected chi connectivity index (χ4v) is 2.15. The maximum absolute atomic E-state index is 11.9. The first-order chi connectivity index (χ1) is 8.16. The molecule has 0 amide bonds. The monoisotopic (exact) mass is 231 g/mol. The third-order valence-corrected chi connectivity index (χ3v) is 3.60. The van der Waals surface area contributed by atoms with E-state index in [2.05, 4.69) is 12.1 Å². The Kier molecular flexibility index (Phi) is 3.95. The van der Waals surface area contributed by atoms with Crippen LogP contribution in [0.5, 0.6) is 0 Å². The van der Waals surface area contributed by atoms with Crippen molar-refractivity contribution >= 4 is 5.78 Å². The maximum Gasteiger partial charge on any atom is 0.164 e. The van der Waals surface area contributed by atoms with Crippen molar-refractivity contribution < 1.29 is 4.79 Å². The zero-order valence-electron chi connectivity index (χ0n) is 10.8. The van der Waals surface area contributed by atoms with Gasteiger partial charge in [0.1, 0.15) is 0 Å². The van der Waals surface area contributed by atoms with Crippen molar-refractivity contribution in [3.63, 3.8) is 0 Å². The highest BCUT2D eigenvalue weighted by Gasteiger charge is 2.19.